The Balaban J connectivity index is 2.47. The molecule has 0 aliphatic carbocycles. The fraction of sp³-hybridized carbons (Fsp3) is 0.417. The summed E-state index contributed by atoms with van der Waals surface area (Å²) in [4.78, 5) is 7.48. The van der Waals surface area contributed by atoms with Gasteiger partial charge in [-0.2, -0.15) is 0 Å². The number of aryl methyl sites for hydroxylation is 1. The SMILES string of the molecule is CCOC(C)c1cnc2[nH]ccc2c1C. The first-order valence-electron chi connectivity index (χ1n) is 5.28. The molecule has 2 aromatic rings. The van der Waals surface area contributed by atoms with E-state index in [0.29, 0.717) is 0 Å². The lowest BCUT2D eigenvalue weighted by Crippen LogP contribution is -2.02. The molecule has 0 saturated carbocycles. The van der Waals surface area contributed by atoms with Crippen molar-refractivity contribution in [2.45, 2.75) is 26.9 Å². The lowest BCUT2D eigenvalue weighted by Gasteiger charge is -2.14. The van der Waals surface area contributed by atoms with Crippen molar-refractivity contribution in [3.8, 4) is 0 Å². The van der Waals surface area contributed by atoms with Crippen molar-refractivity contribution in [2.24, 2.45) is 0 Å². The molecule has 2 aromatic heterocycles. The zero-order chi connectivity index (χ0) is 10.8. The Morgan fingerprint density at radius 1 is 1.53 bits per heavy atom. The first-order valence-corrected chi connectivity index (χ1v) is 5.28. The predicted octanol–water partition coefficient (Wildman–Crippen LogP) is 2.97. The molecule has 0 radical (unpaired) electrons. The molecule has 0 aliphatic heterocycles. The summed E-state index contributed by atoms with van der Waals surface area (Å²) in [7, 11) is 0. The molecule has 80 valence electrons. The smallest absolute Gasteiger partial charge is 0.137 e. The van der Waals surface area contributed by atoms with Crippen LogP contribution in [0.3, 0.4) is 0 Å². The van der Waals surface area contributed by atoms with E-state index in [1.165, 1.54) is 16.5 Å². The number of nitrogens with zero attached hydrogens (tertiary/aromatic N) is 1. The second kappa shape index (κ2) is 4.03. The fourth-order valence-corrected chi connectivity index (χ4v) is 1.91. The van der Waals surface area contributed by atoms with Crippen molar-refractivity contribution >= 4 is 11.0 Å². The summed E-state index contributed by atoms with van der Waals surface area (Å²) in [5, 5.41) is 1.18. The van der Waals surface area contributed by atoms with Crippen molar-refractivity contribution in [2.75, 3.05) is 6.61 Å². The van der Waals surface area contributed by atoms with Crippen LogP contribution in [0.4, 0.5) is 0 Å². The average molecular weight is 204 g/mol. The Kier molecular flexibility index (Phi) is 2.73. The van der Waals surface area contributed by atoms with E-state index in [0.717, 1.165) is 12.3 Å². The molecular weight excluding hydrogens is 188 g/mol. The van der Waals surface area contributed by atoms with E-state index in [-0.39, 0.29) is 6.10 Å². The highest BCUT2D eigenvalue weighted by molar-refractivity contribution is 5.80. The highest BCUT2D eigenvalue weighted by Crippen LogP contribution is 2.25. The third kappa shape index (κ3) is 1.75. The molecule has 0 aromatic carbocycles. The molecule has 3 heteroatoms. The summed E-state index contributed by atoms with van der Waals surface area (Å²) in [6, 6.07) is 2.06. The summed E-state index contributed by atoms with van der Waals surface area (Å²) in [5.74, 6) is 0. The van der Waals surface area contributed by atoms with Crippen molar-refractivity contribution in [1.82, 2.24) is 9.97 Å². The van der Waals surface area contributed by atoms with Crippen LogP contribution >= 0.6 is 0 Å². The van der Waals surface area contributed by atoms with Crippen LogP contribution < -0.4 is 0 Å². The Morgan fingerprint density at radius 3 is 3.07 bits per heavy atom. The van der Waals surface area contributed by atoms with Crippen molar-refractivity contribution in [3.63, 3.8) is 0 Å². The Labute approximate surface area is 89.5 Å². The molecule has 0 amide bonds. The molecule has 0 bridgehead atoms. The standard InChI is InChI=1S/C12H16N2O/c1-4-15-9(3)11-7-14-12-10(8(11)2)5-6-13-12/h5-7,9H,4H2,1-3H3,(H,13,14). The number of hydrogen-bond acceptors (Lipinski definition) is 2. The quantitative estimate of drug-likeness (QED) is 0.834. The molecule has 1 atom stereocenters. The molecule has 0 spiro atoms. The van der Waals surface area contributed by atoms with Crippen LogP contribution in [0.15, 0.2) is 18.5 Å². The number of nitrogens with one attached hydrogen (secondary N) is 1. The van der Waals surface area contributed by atoms with Gasteiger partial charge in [0, 0.05) is 30.0 Å². The zero-order valence-corrected chi connectivity index (χ0v) is 9.37. The fourth-order valence-electron chi connectivity index (χ4n) is 1.91. The summed E-state index contributed by atoms with van der Waals surface area (Å²) < 4.78 is 5.58. The lowest BCUT2D eigenvalue weighted by molar-refractivity contribution is 0.0758. The average Bonchev–Trinajstić information content (AvgIpc) is 2.67. The number of pyridine rings is 1. The summed E-state index contributed by atoms with van der Waals surface area (Å²) in [6.45, 7) is 6.91. The van der Waals surface area contributed by atoms with E-state index in [1.807, 2.05) is 19.3 Å². The molecule has 3 nitrogen and oxygen atoms in total. The minimum Gasteiger partial charge on any atom is -0.374 e. The second-order valence-electron chi connectivity index (χ2n) is 3.68. The van der Waals surface area contributed by atoms with Gasteiger partial charge in [-0.3, -0.25) is 0 Å². The van der Waals surface area contributed by atoms with Gasteiger partial charge in [-0.05, 0) is 32.4 Å². The van der Waals surface area contributed by atoms with Crippen LogP contribution in [0.2, 0.25) is 0 Å². The molecular formula is C12H16N2O. The monoisotopic (exact) mass is 204 g/mol. The maximum Gasteiger partial charge on any atom is 0.137 e. The van der Waals surface area contributed by atoms with E-state index in [9.17, 15) is 0 Å². The summed E-state index contributed by atoms with van der Waals surface area (Å²) in [5.41, 5.74) is 3.37. The van der Waals surface area contributed by atoms with Crippen molar-refractivity contribution in [1.29, 1.82) is 0 Å². The predicted molar refractivity (Wildman–Crippen MR) is 60.9 cm³/mol. The number of hydrogen-bond donors (Lipinski definition) is 1. The van der Waals surface area contributed by atoms with Gasteiger partial charge in [0.1, 0.15) is 5.65 Å². The van der Waals surface area contributed by atoms with Crippen LogP contribution in [0.1, 0.15) is 31.1 Å². The molecule has 2 heterocycles. The second-order valence-corrected chi connectivity index (χ2v) is 3.68. The van der Waals surface area contributed by atoms with Crippen LogP contribution in [0, 0.1) is 6.92 Å². The Morgan fingerprint density at radius 2 is 2.33 bits per heavy atom. The van der Waals surface area contributed by atoms with Gasteiger partial charge in [0.05, 0.1) is 6.10 Å². The number of rotatable bonds is 3. The molecule has 1 N–H and O–H groups in total. The summed E-state index contributed by atoms with van der Waals surface area (Å²) >= 11 is 0. The normalized spacial score (nSPS) is 13.3. The van der Waals surface area contributed by atoms with Gasteiger partial charge in [0.2, 0.25) is 0 Å². The molecule has 0 fully saturated rings. The number of ether oxygens (including phenoxy) is 1. The van der Waals surface area contributed by atoms with E-state index in [1.54, 1.807) is 0 Å². The van der Waals surface area contributed by atoms with E-state index >= 15 is 0 Å². The van der Waals surface area contributed by atoms with Gasteiger partial charge in [-0.1, -0.05) is 0 Å². The number of aromatic nitrogens is 2. The molecule has 1 unspecified atom stereocenters. The molecule has 0 saturated heterocycles. The maximum atomic E-state index is 5.58. The largest absolute Gasteiger partial charge is 0.374 e. The molecule has 2 rings (SSSR count). The number of fused-ring (bicyclic) bond motifs is 1. The third-order valence-corrected chi connectivity index (χ3v) is 2.75. The van der Waals surface area contributed by atoms with Gasteiger partial charge < -0.3 is 9.72 Å². The number of aromatic amines is 1. The molecule has 0 aliphatic rings. The first kappa shape index (κ1) is 10.2. The minimum absolute atomic E-state index is 0.113. The minimum atomic E-state index is 0.113. The van der Waals surface area contributed by atoms with Crippen LogP contribution in [0.5, 0.6) is 0 Å². The third-order valence-electron chi connectivity index (χ3n) is 2.75. The zero-order valence-electron chi connectivity index (χ0n) is 9.37. The maximum absolute atomic E-state index is 5.58. The van der Waals surface area contributed by atoms with Gasteiger partial charge in [0.15, 0.2) is 0 Å². The highest BCUT2D eigenvalue weighted by Gasteiger charge is 2.11. The van der Waals surface area contributed by atoms with Crippen LogP contribution in [-0.4, -0.2) is 16.6 Å². The topological polar surface area (TPSA) is 37.9 Å². The van der Waals surface area contributed by atoms with E-state index in [4.69, 9.17) is 4.74 Å². The van der Waals surface area contributed by atoms with Gasteiger partial charge in [0.25, 0.3) is 0 Å². The van der Waals surface area contributed by atoms with Gasteiger partial charge in [-0.15, -0.1) is 0 Å². The van der Waals surface area contributed by atoms with E-state index < -0.39 is 0 Å². The highest BCUT2D eigenvalue weighted by atomic mass is 16.5. The van der Waals surface area contributed by atoms with Gasteiger partial charge in [-0.25, -0.2) is 4.98 Å². The Hall–Kier alpha value is -1.35. The number of H-pyrrole nitrogens is 1. The van der Waals surface area contributed by atoms with Crippen LogP contribution in [0.25, 0.3) is 11.0 Å². The molecule has 15 heavy (non-hydrogen) atoms. The van der Waals surface area contributed by atoms with Gasteiger partial charge >= 0.3 is 0 Å². The Bertz CT molecular complexity index is 462. The lowest BCUT2D eigenvalue weighted by atomic mass is 10.0. The first-order chi connectivity index (χ1) is 7.24. The van der Waals surface area contributed by atoms with Crippen molar-refractivity contribution < 1.29 is 4.74 Å². The van der Waals surface area contributed by atoms with Crippen LogP contribution in [-0.2, 0) is 4.74 Å². The van der Waals surface area contributed by atoms with E-state index in [2.05, 4.69) is 29.9 Å². The summed E-state index contributed by atoms with van der Waals surface area (Å²) in [6.07, 6.45) is 3.93. The van der Waals surface area contributed by atoms with Crippen molar-refractivity contribution in [3.05, 3.63) is 29.6 Å².